The van der Waals surface area contributed by atoms with Crippen LogP contribution < -0.4 is 14.8 Å². The third-order valence-corrected chi connectivity index (χ3v) is 6.10. The quantitative estimate of drug-likeness (QED) is 0.303. The van der Waals surface area contributed by atoms with Crippen molar-refractivity contribution in [1.29, 1.82) is 0 Å². The Kier molecular flexibility index (Phi) is 7.07. The molecule has 0 radical (unpaired) electrons. The van der Waals surface area contributed by atoms with E-state index >= 15 is 0 Å². The van der Waals surface area contributed by atoms with Crippen LogP contribution in [-0.4, -0.2) is 51.3 Å². The molecule has 5 rings (SSSR count). The van der Waals surface area contributed by atoms with Crippen molar-refractivity contribution >= 4 is 33.9 Å². The number of hydrogen-bond donors (Lipinski definition) is 2. The third kappa shape index (κ3) is 5.40. The van der Waals surface area contributed by atoms with Crippen LogP contribution in [0, 0.1) is 0 Å². The average Bonchev–Trinajstić information content (AvgIpc) is 3.53. The second kappa shape index (κ2) is 10.7. The molecular formula is C25H27ClN6O2. The van der Waals surface area contributed by atoms with Crippen molar-refractivity contribution < 1.29 is 9.47 Å². The summed E-state index contributed by atoms with van der Waals surface area (Å²) in [5, 5.41) is 12.1. The van der Waals surface area contributed by atoms with Crippen molar-refractivity contribution in [3.63, 3.8) is 0 Å². The molecule has 9 heteroatoms. The summed E-state index contributed by atoms with van der Waals surface area (Å²) in [6, 6.07) is 11.3. The van der Waals surface area contributed by atoms with Crippen molar-refractivity contribution in [3.8, 4) is 11.6 Å². The second-order valence-corrected chi connectivity index (χ2v) is 8.68. The van der Waals surface area contributed by atoms with Gasteiger partial charge in [-0.15, -0.1) is 5.10 Å². The highest BCUT2D eigenvalue weighted by Gasteiger charge is 2.15. The minimum Gasteiger partial charge on any atom is -0.486 e. The summed E-state index contributed by atoms with van der Waals surface area (Å²) < 4.78 is 11.8. The summed E-state index contributed by atoms with van der Waals surface area (Å²) in [7, 11) is 0. The lowest BCUT2D eigenvalue weighted by atomic mass is 10.2. The zero-order chi connectivity index (χ0) is 23.2. The molecule has 1 aliphatic heterocycles. The van der Waals surface area contributed by atoms with Crippen LogP contribution in [0.2, 0.25) is 5.02 Å². The van der Waals surface area contributed by atoms with Gasteiger partial charge in [-0.1, -0.05) is 17.7 Å². The van der Waals surface area contributed by atoms with Gasteiger partial charge >= 0.3 is 0 Å². The smallest absolute Gasteiger partial charge is 0.242 e. The van der Waals surface area contributed by atoms with Crippen molar-refractivity contribution in [2.45, 2.75) is 25.9 Å². The zero-order valence-corrected chi connectivity index (χ0v) is 19.6. The number of nitrogens with zero attached hydrogens (tertiary/aromatic N) is 4. The monoisotopic (exact) mass is 478 g/mol. The number of aromatic amines is 1. The van der Waals surface area contributed by atoms with Crippen LogP contribution in [0.4, 0.5) is 11.4 Å². The maximum atomic E-state index is 6.48. The SMILES string of the molecule is Clc1cc(Nc2cncc3[nH]nc(OCCCN4CCCC4)c23)ccc1OCc1ccccn1. The Morgan fingerprint density at radius 2 is 2.00 bits per heavy atom. The number of anilines is 2. The molecule has 1 aliphatic rings. The molecule has 2 N–H and O–H groups in total. The number of rotatable bonds is 10. The lowest BCUT2D eigenvalue weighted by Crippen LogP contribution is -2.21. The summed E-state index contributed by atoms with van der Waals surface area (Å²) in [5.74, 6) is 1.17. The standard InChI is InChI=1S/C25H27ClN6O2/c26-20-14-18(7-8-23(20)34-17-19-6-1-2-9-28-19)29-21-15-27-16-22-24(21)25(31-30-22)33-13-5-12-32-10-3-4-11-32/h1-2,6-9,14-16,29H,3-5,10-13,17H2,(H,30,31). The fourth-order valence-corrected chi connectivity index (χ4v) is 4.33. The van der Waals surface area contributed by atoms with Crippen molar-refractivity contribution in [1.82, 2.24) is 25.1 Å². The predicted molar refractivity (Wildman–Crippen MR) is 133 cm³/mol. The number of likely N-dealkylation sites (tertiary alicyclic amines) is 1. The van der Waals surface area contributed by atoms with Gasteiger partial charge in [0.25, 0.3) is 0 Å². The van der Waals surface area contributed by atoms with Gasteiger partial charge in [0.05, 0.1) is 46.3 Å². The first-order chi connectivity index (χ1) is 16.8. The molecular weight excluding hydrogens is 452 g/mol. The van der Waals surface area contributed by atoms with Crippen LogP contribution in [0.5, 0.6) is 11.6 Å². The first-order valence-corrected chi connectivity index (χ1v) is 11.9. The summed E-state index contributed by atoms with van der Waals surface area (Å²) in [4.78, 5) is 11.1. The van der Waals surface area contributed by atoms with Crippen molar-refractivity contribution in [2.24, 2.45) is 0 Å². The topological polar surface area (TPSA) is 88.2 Å². The number of benzene rings is 1. The summed E-state index contributed by atoms with van der Waals surface area (Å²) in [6.07, 6.45) is 8.81. The van der Waals surface area contributed by atoms with E-state index in [-0.39, 0.29) is 0 Å². The molecule has 0 saturated carbocycles. The molecule has 1 saturated heterocycles. The van der Waals surface area contributed by atoms with Gasteiger partial charge < -0.3 is 19.7 Å². The van der Waals surface area contributed by atoms with Crippen LogP contribution in [0.3, 0.4) is 0 Å². The Hall–Kier alpha value is -3.36. The van der Waals surface area contributed by atoms with Gasteiger partial charge in [0.15, 0.2) is 0 Å². The Labute approximate surface area is 203 Å². The minimum absolute atomic E-state index is 0.351. The van der Waals surface area contributed by atoms with E-state index in [4.69, 9.17) is 21.1 Å². The average molecular weight is 479 g/mol. The van der Waals surface area contributed by atoms with Crippen LogP contribution in [0.1, 0.15) is 25.0 Å². The molecule has 3 aromatic heterocycles. The first-order valence-electron chi connectivity index (χ1n) is 11.5. The molecule has 0 unspecified atom stereocenters. The highest BCUT2D eigenvalue weighted by atomic mass is 35.5. The number of halogens is 1. The number of fused-ring (bicyclic) bond motifs is 1. The molecule has 0 amide bonds. The van der Waals surface area contributed by atoms with Crippen molar-refractivity contribution in [3.05, 3.63) is 65.7 Å². The van der Waals surface area contributed by atoms with E-state index in [9.17, 15) is 0 Å². The third-order valence-electron chi connectivity index (χ3n) is 5.81. The molecule has 0 spiro atoms. The van der Waals surface area contributed by atoms with Crippen LogP contribution in [0.25, 0.3) is 10.9 Å². The maximum absolute atomic E-state index is 6.48. The molecule has 1 fully saturated rings. The number of aromatic nitrogens is 4. The van der Waals surface area contributed by atoms with Gasteiger partial charge in [-0.2, -0.15) is 0 Å². The molecule has 34 heavy (non-hydrogen) atoms. The van der Waals surface area contributed by atoms with Crippen molar-refractivity contribution in [2.75, 3.05) is 31.6 Å². The molecule has 0 atom stereocenters. The number of ether oxygens (including phenoxy) is 2. The Morgan fingerprint density at radius 3 is 2.82 bits per heavy atom. The van der Waals surface area contributed by atoms with E-state index in [1.165, 1.54) is 25.9 Å². The molecule has 4 heterocycles. The van der Waals surface area contributed by atoms with Gasteiger partial charge in [-0.3, -0.25) is 15.1 Å². The molecule has 0 aliphatic carbocycles. The number of nitrogens with one attached hydrogen (secondary N) is 2. The molecule has 8 nitrogen and oxygen atoms in total. The number of H-pyrrole nitrogens is 1. The van der Waals surface area contributed by atoms with Gasteiger partial charge in [0.2, 0.25) is 5.88 Å². The summed E-state index contributed by atoms with van der Waals surface area (Å²) >= 11 is 6.48. The lowest BCUT2D eigenvalue weighted by Gasteiger charge is -2.14. The Balaban J connectivity index is 1.24. The highest BCUT2D eigenvalue weighted by molar-refractivity contribution is 6.32. The van der Waals surface area contributed by atoms with Crippen LogP contribution in [-0.2, 0) is 6.61 Å². The Bertz CT molecular complexity index is 1230. The van der Waals surface area contributed by atoms with Gasteiger partial charge in [0.1, 0.15) is 12.4 Å². The van der Waals surface area contributed by atoms with E-state index in [0.717, 1.165) is 40.9 Å². The van der Waals surface area contributed by atoms with E-state index in [2.05, 4.69) is 30.4 Å². The molecule has 4 aromatic rings. The summed E-state index contributed by atoms with van der Waals surface area (Å²) in [5.41, 5.74) is 3.25. The highest BCUT2D eigenvalue weighted by Crippen LogP contribution is 2.34. The number of pyridine rings is 2. The van der Waals surface area contributed by atoms with Crippen LogP contribution >= 0.6 is 11.6 Å². The zero-order valence-electron chi connectivity index (χ0n) is 18.8. The Morgan fingerprint density at radius 1 is 1.09 bits per heavy atom. The van der Waals surface area contributed by atoms with E-state index in [1.54, 1.807) is 18.6 Å². The lowest BCUT2D eigenvalue weighted by molar-refractivity contribution is 0.259. The molecule has 176 valence electrons. The molecule has 0 bridgehead atoms. The fraction of sp³-hybridized carbons (Fsp3) is 0.320. The first kappa shape index (κ1) is 22.4. The van der Waals surface area contributed by atoms with Crippen LogP contribution in [0.15, 0.2) is 55.0 Å². The second-order valence-electron chi connectivity index (χ2n) is 8.27. The minimum atomic E-state index is 0.351. The molecule has 1 aromatic carbocycles. The van der Waals surface area contributed by atoms with Gasteiger partial charge in [-0.25, -0.2) is 0 Å². The predicted octanol–water partition coefficient (Wildman–Crippen LogP) is 5.19. The van der Waals surface area contributed by atoms with E-state index in [1.807, 2.05) is 36.4 Å². The van der Waals surface area contributed by atoms with E-state index < -0.39 is 0 Å². The van der Waals surface area contributed by atoms with Gasteiger partial charge in [-0.05, 0) is 62.7 Å². The maximum Gasteiger partial charge on any atom is 0.242 e. The number of hydrogen-bond acceptors (Lipinski definition) is 7. The van der Waals surface area contributed by atoms with Gasteiger partial charge in [0, 0.05) is 18.4 Å². The summed E-state index contributed by atoms with van der Waals surface area (Å²) in [6.45, 7) is 4.42. The largest absolute Gasteiger partial charge is 0.486 e. The normalized spacial score (nSPS) is 13.9. The van der Waals surface area contributed by atoms with E-state index in [0.29, 0.717) is 29.9 Å². The fourth-order valence-electron chi connectivity index (χ4n) is 4.09.